The molecule has 3 atom stereocenters. The maximum absolute atomic E-state index is 10.2. The predicted octanol–water partition coefficient (Wildman–Crippen LogP) is 2.75. The van der Waals surface area contributed by atoms with Crippen molar-refractivity contribution in [3.63, 3.8) is 0 Å². The first kappa shape index (κ1) is 16.2. The Morgan fingerprint density at radius 1 is 1.21 bits per heavy atom. The van der Waals surface area contributed by atoms with Crippen LogP contribution in [0.3, 0.4) is 0 Å². The van der Waals surface area contributed by atoms with E-state index in [0.717, 1.165) is 24.8 Å². The van der Waals surface area contributed by atoms with Crippen molar-refractivity contribution in [3.05, 3.63) is 35.9 Å². The summed E-state index contributed by atoms with van der Waals surface area (Å²) in [6.45, 7) is 4.48. The Balaban J connectivity index is 2.40. The second kappa shape index (κ2) is 9.08. The third kappa shape index (κ3) is 5.72. The summed E-state index contributed by atoms with van der Waals surface area (Å²) in [7, 11) is 0. The number of aliphatic hydroxyl groups excluding tert-OH is 2. The van der Waals surface area contributed by atoms with E-state index < -0.39 is 6.10 Å². The first-order valence-corrected chi connectivity index (χ1v) is 7.13. The summed E-state index contributed by atoms with van der Waals surface area (Å²) in [5, 5.41) is 19.5. The van der Waals surface area contributed by atoms with Gasteiger partial charge in [0.25, 0.3) is 0 Å². The Labute approximate surface area is 116 Å². The van der Waals surface area contributed by atoms with Crippen LogP contribution in [0.5, 0.6) is 0 Å². The average molecular weight is 266 g/mol. The van der Waals surface area contributed by atoms with Crippen molar-refractivity contribution >= 4 is 0 Å². The normalized spacial score (nSPS) is 16.0. The molecule has 1 aromatic carbocycles. The molecule has 0 bridgehead atoms. The average Bonchev–Trinajstić information content (AvgIpc) is 2.46. The van der Waals surface area contributed by atoms with Crippen molar-refractivity contribution in [1.82, 2.24) is 0 Å². The zero-order chi connectivity index (χ0) is 14.1. The SMILES string of the molecule is CCCC[C@@H](CO)[C@H](O)[C@H](C)OCc1ccccc1. The maximum Gasteiger partial charge on any atom is 0.0849 e. The topological polar surface area (TPSA) is 49.7 Å². The van der Waals surface area contributed by atoms with E-state index in [1.807, 2.05) is 37.3 Å². The predicted molar refractivity (Wildman–Crippen MR) is 76.8 cm³/mol. The van der Waals surface area contributed by atoms with E-state index in [9.17, 15) is 10.2 Å². The van der Waals surface area contributed by atoms with Crippen LogP contribution in [0, 0.1) is 5.92 Å². The van der Waals surface area contributed by atoms with Gasteiger partial charge in [0.2, 0.25) is 0 Å². The van der Waals surface area contributed by atoms with Crippen molar-refractivity contribution < 1.29 is 14.9 Å². The zero-order valence-electron chi connectivity index (χ0n) is 12.0. The quantitative estimate of drug-likeness (QED) is 0.722. The van der Waals surface area contributed by atoms with Gasteiger partial charge in [-0.2, -0.15) is 0 Å². The molecule has 0 radical (unpaired) electrons. The highest BCUT2D eigenvalue weighted by Crippen LogP contribution is 2.18. The maximum atomic E-state index is 10.2. The lowest BCUT2D eigenvalue weighted by Gasteiger charge is -2.26. The number of benzene rings is 1. The summed E-state index contributed by atoms with van der Waals surface area (Å²) < 4.78 is 5.69. The van der Waals surface area contributed by atoms with Crippen molar-refractivity contribution in [2.75, 3.05) is 6.61 Å². The number of aliphatic hydroxyl groups is 2. The fourth-order valence-corrected chi connectivity index (χ4v) is 2.12. The highest BCUT2D eigenvalue weighted by Gasteiger charge is 2.24. The number of rotatable bonds is 9. The molecule has 0 aliphatic carbocycles. The second-order valence-corrected chi connectivity index (χ2v) is 5.08. The molecule has 2 N–H and O–H groups in total. The molecule has 108 valence electrons. The molecule has 3 nitrogen and oxygen atoms in total. The molecule has 0 amide bonds. The minimum Gasteiger partial charge on any atom is -0.396 e. The Hall–Kier alpha value is -0.900. The highest BCUT2D eigenvalue weighted by atomic mass is 16.5. The van der Waals surface area contributed by atoms with Crippen LogP contribution in [-0.2, 0) is 11.3 Å². The second-order valence-electron chi connectivity index (χ2n) is 5.08. The molecular formula is C16H26O3. The monoisotopic (exact) mass is 266 g/mol. The van der Waals surface area contributed by atoms with Gasteiger partial charge in [-0.25, -0.2) is 0 Å². The molecule has 0 saturated heterocycles. The molecule has 0 spiro atoms. The molecule has 0 heterocycles. The van der Waals surface area contributed by atoms with E-state index in [0.29, 0.717) is 6.61 Å². The summed E-state index contributed by atoms with van der Waals surface area (Å²) in [4.78, 5) is 0. The first-order chi connectivity index (χ1) is 9.19. The molecule has 3 heteroatoms. The van der Waals surface area contributed by atoms with E-state index >= 15 is 0 Å². The fourth-order valence-electron chi connectivity index (χ4n) is 2.12. The van der Waals surface area contributed by atoms with E-state index in [4.69, 9.17) is 4.74 Å². The summed E-state index contributed by atoms with van der Waals surface area (Å²) in [5.74, 6) is -0.0919. The van der Waals surface area contributed by atoms with Gasteiger partial charge < -0.3 is 14.9 Å². The molecule has 0 fully saturated rings. The highest BCUT2D eigenvalue weighted by molar-refractivity contribution is 5.13. The molecule has 0 unspecified atom stereocenters. The Morgan fingerprint density at radius 2 is 1.89 bits per heavy atom. The summed E-state index contributed by atoms with van der Waals surface area (Å²) >= 11 is 0. The van der Waals surface area contributed by atoms with Gasteiger partial charge in [0, 0.05) is 12.5 Å². The van der Waals surface area contributed by atoms with Gasteiger partial charge in [-0.15, -0.1) is 0 Å². The third-order valence-corrected chi connectivity index (χ3v) is 3.48. The lowest BCUT2D eigenvalue weighted by Crippen LogP contribution is -2.35. The van der Waals surface area contributed by atoms with Crippen LogP contribution in [0.4, 0.5) is 0 Å². The zero-order valence-corrected chi connectivity index (χ0v) is 12.0. The smallest absolute Gasteiger partial charge is 0.0849 e. The van der Waals surface area contributed by atoms with Crippen molar-refractivity contribution in [3.8, 4) is 0 Å². The van der Waals surface area contributed by atoms with Crippen LogP contribution in [0.15, 0.2) is 30.3 Å². The van der Waals surface area contributed by atoms with Gasteiger partial charge in [-0.05, 0) is 18.9 Å². The van der Waals surface area contributed by atoms with Crippen LogP contribution < -0.4 is 0 Å². The molecule has 0 aliphatic rings. The van der Waals surface area contributed by atoms with Gasteiger partial charge in [0.15, 0.2) is 0 Å². The lowest BCUT2D eigenvalue weighted by atomic mass is 9.94. The molecule has 0 aromatic heterocycles. The minimum absolute atomic E-state index is 0.0141. The molecular weight excluding hydrogens is 240 g/mol. The van der Waals surface area contributed by atoms with Gasteiger partial charge in [-0.3, -0.25) is 0 Å². The molecule has 0 saturated carbocycles. The van der Waals surface area contributed by atoms with E-state index in [2.05, 4.69) is 6.92 Å². The van der Waals surface area contributed by atoms with Crippen molar-refractivity contribution in [1.29, 1.82) is 0 Å². The summed E-state index contributed by atoms with van der Waals surface area (Å²) in [6, 6.07) is 9.91. The van der Waals surface area contributed by atoms with Crippen molar-refractivity contribution in [2.24, 2.45) is 5.92 Å². The molecule has 19 heavy (non-hydrogen) atoms. The van der Waals surface area contributed by atoms with Gasteiger partial charge in [0.1, 0.15) is 0 Å². The Morgan fingerprint density at radius 3 is 2.47 bits per heavy atom. The van der Waals surface area contributed by atoms with Crippen LogP contribution in [0.1, 0.15) is 38.7 Å². The number of unbranched alkanes of at least 4 members (excludes halogenated alkanes) is 1. The van der Waals surface area contributed by atoms with Crippen LogP contribution in [0.2, 0.25) is 0 Å². The lowest BCUT2D eigenvalue weighted by molar-refractivity contribution is -0.0706. The minimum atomic E-state index is -0.611. The third-order valence-electron chi connectivity index (χ3n) is 3.48. The van der Waals surface area contributed by atoms with E-state index in [1.165, 1.54) is 0 Å². The number of hydrogen-bond donors (Lipinski definition) is 2. The van der Waals surface area contributed by atoms with Gasteiger partial charge in [0.05, 0.1) is 18.8 Å². The fraction of sp³-hybridized carbons (Fsp3) is 0.625. The van der Waals surface area contributed by atoms with Crippen LogP contribution in [-0.4, -0.2) is 29.0 Å². The first-order valence-electron chi connectivity index (χ1n) is 7.13. The van der Waals surface area contributed by atoms with Gasteiger partial charge >= 0.3 is 0 Å². The number of ether oxygens (including phenoxy) is 1. The summed E-state index contributed by atoms with van der Waals surface area (Å²) in [6.07, 6.45) is 2.05. The standard InChI is InChI=1S/C16H26O3/c1-3-4-10-15(11-17)16(18)13(2)19-12-14-8-6-5-7-9-14/h5-9,13,15-18H,3-4,10-12H2,1-2H3/t13-,15-,16+/m0/s1. The Kier molecular flexibility index (Phi) is 7.72. The molecule has 1 aromatic rings. The molecule has 1 rings (SSSR count). The summed E-state index contributed by atoms with van der Waals surface area (Å²) in [5.41, 5.74) is 1.09. The van der Waals surface area contributed by atoms with E-state index in [-0.39, 0.29) is 18.6 Å². The largest absolute Gasteiger partial charge is 0.396 e. The Bertz CT molecular complexity index is 326. The molecule has 0 aliphatic heterocycles. The van der Waals surface area contributed by atoms with E-state index in [1.54, 1.807) is 0 Å². The van der Waals surface area contributed by atoms with Crippen LogP contribution >= 0.6 is 0 Å². The van der Waals surface area contributed by atoms with Gasteiger partial charge in [-0.1, -0.05) is 50.1 Å². The van der Waals surface area contributed by atoms with Crippen LogP contribution in [0.25, 0.3) is 0 Å². The number of hydrogen-bond acceptors (Lipinski definition) is 3. The van der Waals surface area contributed by atoms with Crippen molar-refractivity contribution in [2.45, 2.75) is 51.9 Å².